The van der Waals surface area contributed by atoms with Crippen LogP contribution >= 0.6 is 89.9 Å². The van der Waals surface area contributed by atoms with Gasteiger partial charge in [-0.15, -0.1) is 0 Å². The van der Waals surface area contributed by atoms with Gasteiger partial charge in [0.2, 0.25) is 0 Å². The molecule has 2 atom stereocenters. The Morgan fingerprint density at radius 2 is 1.14 bits per heavy atom. The van der Waals surface area contributed by atoms with Crippen molar-refractivity contribution in [3.63, 3.8) is 0 Å². The molecule has 1 aliphatic heterocycles. The molecule has 6 rings (SSSR count). The number of hydrogen-bond donors (Lipinski definition) is 2. The molecule has 0 spiro atoms. The van der Waals surface area contributed by atoms with Crippen LogP contribution in [0.4, 0.5) is 0 Å². The number of aromatic nitrogens is 3. The van der Waals surface area contributed by atoms with Gasteiger partial charge >= 0.3 is 7.12 Å². The Morgan fingerprint density at radius 3 is 1.55 bits per heavy atom. The van der Waals surface area contributed by atoms with Crippen molar-refractivity contribution >= 4 is 102 Å². The summed E-state index contributed by atoms with van der Waals surface area (Å²) in [4.78, 5) is 11.7. The van der Waals surface area contributed by atoms with Gasteiger partial charge in [0, 0.05) is 58.3 Å². The molecule has 2 aromatic carbocycles. The third-order valence-corrected chi connectivity index (χ3v) is 11.4. The van der Waals surface area contributed by atoms with E-state index < -0.39 is 19.3 Å². The van der Waals surface area contributed by atoms with Gasteiger partial charge in [-0.05, 0) is 109 Å². The van der Waals surface area contributed by atoms with Crippen molar-refractivity contribution in [2.75, 3.05) is 7.11 Å². The molecule has 0 amide bonds. The quantitative estimate of drug-likeness (QED) is 0.163. The summed E-state index contributed by atoms with van der Waals surface area (Å²) in [5.74, 6) is 0.622. The number of aliphatic hydroxyl groups is 2. The molecule has 58 heavy (non-hydrogen) atoms. The number of aliphatic hydroxyl groups excluding tert-OH is 2. The van der Waals surface area contributed by atoms with Gasteiger partial charge < -0.3 is 24.3 Å². The van der Waals surface area contributed by atoms with Crippen LogP contribution in [0.3, 0.4) is 0 Å². The first kappa shape index (κ1) is 49.3. The summed E-state index contributed by atoms with van der Waals surface area (Å²) in [6.45, 7) is 11.3. The minimum absolute atomic E-state index is 0.358. The number of rotatable bonds is 5. The molecule has 2 unspecified atom stereocenters. The van der Waals surface area contributed by atoms with E-state index in [2.05, 4.69) is 46.8 Å². The SMILES string of the molecule is CC(O)c1c(Cl)cncc1-c1ccc(C#N)c(Cl)c1.CC(O)c1c(Cl)cncc1Br.CC1(C)OB(c2ccc(C#N)c(Cl)c2)OC1(C)C.COc1c(Cl)cncc1Br. The van der Waals surface area contributed by atoms with Gasteiger partial charge in [0.15, 0.2) is 5.75 Å². The third-order valence-electron chi connectivity index (χ3n) is 8.72. The summed E-state index contributed by atoms with van der Waals surface area (Å²) in [7, 11) is 1.12. The topological polar surface area (TPSA) is 154 Å². The van der Waals surface area contributed by atoms with Gasteiger partial charge in [-0.3, -0.25) is 15.0 Å². The molecule has 4 heterocycles. The van der Waals surface area contributed by atoms with Crippen molar-refractivity contribution < 1.29 is 24.3 Å². The highest BCUT2D eigenvalue weighted by Crippen LogP contribution is 2.37. The maximum absolute atomic E-state index is 9.82. The summed E-state index contributed by atoms with van der Waals surface area (Å²) < 4.78 is 18.3. The fourth-order valence-corrected chi connectivity index (χ4v) is 7.74. The molecule has 18 heteroatoms. The minimum atomic E-state index is -0.722. The molecule has 1 saturated heterocycles. The molecule has 5 aromatic rings. The first-order valence-electron chi connectivity index (χ1n) is 17.1. The number of ether oxygens (including phenoxy) is 1. The molecule has 3 aromatic heterocycles. The van der Waals surface area contributed by atoms with E-state index in [4.69, 9.17) is 82.6 Å². The number of pyridine rings is 3. The van der Waals surface area contributed by atoms with E-state index in [9.17, 15) is 10.2 Å². The van der Waals surface area contributed by atoms with Crippen LogP contribution in [0.15, 0.2) is 82.5 Å². The van der Waals surface area contributed by atoms with Crippen LogP contribution in [0.1, 0.15) is 76.0 Å². The number of nitrogens with zero attached hydrogens (tertiary/aromatic N) is 5. The number of methoxy groups -OCH3 is 1. The Morgan fingerprint density at radius 1 is 0.672 bits per heavy atom. The second-order valence-corrected chi connectivity index (χ2v) is 17.1. The predicted octanol–water partition coefficient (Wildman–Crippen LogP) is 11.5. The van der Waals surface area contributed by atoms with Crippen LogP contribution in [0.25, 0.3) is 11.1 Å². The predicted molar refractivity (Wildman–Crippen MR) is 238 cm³/mol. The van der Waals surface area contributed by atoms with Gasteiger partial charge in [0.25, 0.3) is 0 Å². The Balaban J connectivity index is 0.000000215. The molecule has 0 bridgehead atoms. The van der Waals surface area contributed by atoms with Crippen molar-refractivity contribution in [2.45, 2.75) is 65.0 Å². The summed E-state index contributed by atoms with van der Waals surface area (Å²) in [5, 5.41) is 38.9. The molecule has 2 N–H and O–H groups in total. The van der Waals surface area contributed by atoms with E-state index in [1.165, 1.54) is 18.6 Å². The minimum Gasteiger partial charge on any atom is -0.494 e. The van der Waals surface area contributed by atoms with Crippen LogP contribution in [-0.4, -0.2) is 50.6 Å². The molecule has 304 valence electrons. The van der Waals surface area contributed by atoms with Gasteiger partial charge in [0.1, 0.15) is 17.2 Å². The lowest BCUT2D eigenvalue weighted by Crippen LogP contribution is -2.41. The van der Waals surface area contributed by atoms with Crippen molar-refractivity contribution in [3.05, 3.63) is 130 Å². The Bertz CT molecular complexity index is 2250. The van der Waals surface area contributed by atoms with Crippen molar-refractivity contribution in [2.24, 2.45) is 0 Å². The van der Waals surface area contributed by atoms with Crippen molar-refractivity contribution in [1.82, 2.24) is 15.0 Å². The monoisotopic (exact) mass is 1010 g/mol. The first-order chi connectivity index (χ1) is 27.2. The zero-order valence-corrected chi connectivity index (χ0v) is 39.1. The van der Waals surface area contributed by atoms with E-state index in [1.807, 2.05) is 45.9 Å². The van der Waals surface area contributed by atoms with E-state index in [0.717, 1.165) is 20.0 Å². The second-order valence-electron chi connectivity index (χ2n) is 13.3. The fourth-order valence-electron chi connectivity index (χ4n) is 5.04. The number of nitriles is 2. The summed E-state index contributed by atoms with van der Waals surface area (Å²) in [6.07, 6.45) is 8.09. The average Bonchev–Trinajstić information content (AvgIpc) is 3.37. The Kier molecular flexibility index (Phi) is 18.7. The summed E-state index contributed by atoms with van der Waals surface area (Å²) >= 11 is 36.1. The standard InChI is InChI=1S/C14H10Cl2N2O.C13H15BClNO2.C7H7BrClNO.C6H5BrClNO/c1-8(19)14-11(6-18-7-13(14)16)9-2-3-10(5-17)12(15)4-9;1-12(2)13(3,4)18-14(17-12)10-6-5-9(8-16)11(15)7-10;1-4(11)7-5(8)2-10-3-6(7)9;1-10-6-4(7)2-9-3-5(6)8/h2-4,6-8,19H,1H3;5-7H,1-4H3;2-4,11H,1H3;2-3H,1H3. The van der Waals surface area contributed by atoms with Crippen LogP contribution < -0.4 is 10.2 Å². The Hall–Kier alpha value is -3.02. The molecule has 1 aliphatic rings. The molecular weight excluding hydrogens is 978 g/mol. The van der Waals surface area contributed by atoms with Crippen molar-refractivity contribution in [1.29, 1.82) is 10.5 Å². The fraction of sp³-hybridized carbons (Fsp3) is 0.275. The van der Waals surface area contributed by atoms with Gasteiger partial charge in [-0.25, -0.2) is 0 Å². The maximum atomic E-state index is 9.82. The van der Waals surface area contributed by atoms with Crippen LogP contribution in [0, 0.1) is 22.7 Å². The van der Waals surface area contributed by atoms with E-state index >= 15 is 0 Å². The molecular formula is C40H37BBr2Cl5N5O5. The first-order valence-corrected chi connectivity index (χ1v) is 20.5. The largest absolute Gasteiger partial charge is 0.494 e. The van der Waals surface area contributed by atoms with E-state index in [-0.39, 0.29) is 11.2 Å². The molecule has 0 aliphatic carbocycles. The number of benzene rings is 2. The number of hydrogen-bond acceptors (Lipinski definition) is 10. The molecule has 10 nitrogen and oxygen atoms in total. The van der Waals surface area contributed by atoms with E-state index in [0.29, 0.717) is 58.7 Å². The van der Waals surface area contributed by atoms with Crippen LogP contribution in [0.2, 0.25) is 25.1 Å². The van der Waals surface area contributed by atoms with Gasteiger partial charge in [-0.2, -0.15) is 10.5 Å². The van der Waals surface area contributed by atoms with Gasteiger partial charge in [-0.1, -0.05) is 70.1 Å². The van der Waals surface area contributed by atoms with Crippen LogP contribution in [0.5, 0.6) is 5.75 Å². The normalized spacial score (nSPS) is 14.5. The lowest BCUT2D eigenvalue weighted by atomic mass is 9.79. The molecule has 0 radical (unpaired) electrons. The smallest absolute Gasteiger partial charge is 0.494 e. The highest BCUT2D eigenvalue weighted by atomic mass is 79.9. The number of halogens is 7. The average molecular weight is 1020 g/mol. The van der Waals surface area contributed by atoms with Gasteiger partial charge in [0.05, 0.1) is 66.2 Å². The van der Waals surface area contributed by atoms with Crippen LogP contribution in [-0.2, 0) is 9.31 Å². The maximum Gasteiger partial charge on any atom is 0.494 e. The second kappa shape index (κ2) is 22.0. The lowest BCUT2D eigenvalue weighted by molar-refractivity contribution is 0.00578. The van der Waals surface area contributed by atoms with E-state index in [1.54, 1.807) is 69.9 Å². The zero-order valence-electron chi connectivity index (χ0n) is 32.2. The molecule has 0 saturated carbocycles. The Labute approximate surface area is 380 Å². The summed E-state index contributed by atoms with van der Waals surface area (Å²) in [6, 6.07) is 14.3. The van der Waals surface area contributed by atoms with Crippen molar-refractivity contribution in [3.8, 4) is 29.0 Å². The highest BCUT2D eigenvalue weighted by molar-refractivity contribution is 9.10. The lowest BCUT2D eigenvalue weighted by Gasteiger charge is -2.32. The third kappa shape index (κ3) is 12.7. The zero-order chi connectivity index (χ0) is 43.5. The summed E-state index contributed by atoms with van der Waals surface area (Å²) in [5.41, 5.74) is 3.67. The molecule has 1 fully saturated rings. The highest BCUT2D eigenvalue weighted by Gasteiger charge is 2.51.